The highest BCUT2D eigenvalue weighted by atomic mass is 32.1. The first kappa shape index (κ1) is 15.2. The smallest absolute Gasteiger partial charge is 0.327 e. The minimum atomic E-state index is -1.19. The van der Waals surface area contributed by atoms with Crippen LogP contribution in [0.5, 0.6) is 0 Å². The minimum absolute atomic E-state index is 0.0399. The van der Waals surface area contributed by atoms with Gasteiger partial charge in [0.15, 0.2) is 0 Å². The van der Waals surface area contributed by atoms with Crippen LogP contribution in [0.1, 0.15) is 20.3 Å². The Kier molecular flexibility index (Phi) is 7.07. The summed E-state index contributed by atoms with van der Waals surface area (Å²) in [6, 6.07) is -2.12. The molecule has 3 N–H and O–H groups in total. The predicted molar refractivity (Wildman–Crippen MR) is 60.9 cm³/mol. The van der Waals surface area contributed by atoms with Crippen molar-refractivity contribution >= 4 is 24.5 Å². The molecule has 94 valence electrons. The molecule has 0 aromatic rings. The topological polar surface area (TPSA) is 78.4 Å². The highest BCUT2D eigenvalue weighted by molar-refractivity contribution is 7.80. The molecule has 1 amide bonds. The van der Waals surface area contributed by atoms with Crippen molar-refractivity contribution in [3.8, 4) is 0 Å². The highest BCUT2D eigenvalue weighted by Crippen LogP contribution is 2.05. The van der Waals surface area contributed by atoms with Gasteiger partial charge in [0.2, 0.25) is 5.91 Å². The van der Waals surface area contributed by atoms with E-state index in [9.17, 15) is 14.1 Å². The number of aliphatic carboxylic acids is 1. The van der Waals surface area contributed by atoms with Gasteiger partial charge in [0.25, 0.3) is 0 Å². The Balaban J connectivity index is 4.34. The molecule has 0 spiro atoms. The summed E-state index contributed by atoms with van der Waals surface area (Å²) in [5, 5.41) is 10.9. The molecule has 0 fully saturated rings. The molecule has 16 heavy (non-hydrogen) atoms. The Morgan fingerprint density at radius 1 is 1.38 bits per heavy atom. The van der Waals surface area contributed by atoms with E-state index in [2.05, 4.69) is 17.9 Å². The second-order valence-electron chi connectivity index (χ2n) is 3.87. The Morgan fingerprint density at radius 3 is 2.25 bits per heavy atom. The molecule has 0 aromatic heterocycles. The summed E-state index contributed by atoms with van der Waals surface area (Å²) in [6.45, 7) is 3.68. The van der Waals surface area contributed by atoms with Crippen molar-refractivity contribution < 1.29 is 19.2 Å². The maximum Gasteiger partial charge on any atom is 0.327 e. The summed E-state index contributed by atoms with van der Waals surface area (Å²) in [5.41, 5.74) is 1.37. The monoisotopic (exact) mass is 252 g/mol. The number of carbonyl (C=O) groups excluding carboxylic acids is 1. The first-order valence-electron chi connectivity index (χ1n) is 4.92. The van der Waals surface area contributed by atoms with Gasteiger partial charge in [-0.05, 0) is 12.3 Å². The minimum Gasteiger partial charge on any atom is -0.480 e. The van der Waals surface area contributed by atoms with E-state index in [-0.39, 0.29) is 11.7 Å². The number of hydrogen-bond acceptors (Lipinski definition) is 4. The van der Waals surface area contributed by atoms with E-state index >= 15 is 0 Å². The Hall–Kier alpha value is -0.820. The molecule has 0 unspecified atom stereocenters. The summed E-state index contributed by atoms with van der Waals surface area (Å²) in [6.07, 6.45) is 0.293. The molecule has 0 radical (unpaired) electrons. The third kappa shape index (κ3) is 5.32. The molecular formula is C9H17FN2O3S. The lowest BCUT2D eigenvalue weighted by Crippen LogP contribution is -2.49. The molecule has 0 saturated carbocycles. The van der Waals surface area contributed by atoms with Crippen molar-refractivity contribution in [1.82, 2.24) is 10.9 Å². The molecule has 5 nitrogen and oxygen atoms in total. The van der Waals surface area contributed by atoms with Crippen LogP contribution in [0.25, 0.3) is 0 Å². The van der Waals surface area contributed by atoms with Gasteiger partial charge >= 0.3 is 5.97 Å². The first-order valence-corrected chi connectivity index (χ1v) is 5.55. The summed E-state index contributed by atoms with van der Waals surface area (Å²) in [4.78, 5) is 22.1. The summed E-state index contributed by atoms with van der Waals surface area (Å²) >= 11 is 3.79. The molecule has 0 rings (SSSR count). The zero-order valence-electron chi connectivity index (χ0n) is 9.24. The zero-order valence-corrected chi connectivity index (χ0v) is 10.1. The number of halogens is 1. The lowest BCUT2D eigenvalue weighted by atomic mass is 10.0. The number of carboxylic acid groups (broad SMARTS) is 1. The van der Waals surface area contributed by atoms with Gasteiger partial charge in [0, 0.05) is 5.75 Å². The molecule has 0 aliphatic carbocycles. The Morgan fingerprint density at radius 2 is 1.94 bits per heavy atom. The average molecular weight is 252 g/mol. The van der Waals surface area contributed by atoms with Crippen molar-refractivity contribution in [2.75, 3.05) is 5.75 Å². The van der Waals surface area contributed by atoms with Crippen LogP contribution in [-0.4, -0.2) is 34.8 Å². The highest BCUT2D eigenvalue weighted by Gasteiger charge is 2.24. The second-order valence-corrected chi connectivity index (χ2v) is 4.24. The summed E-state index contributed by atoms with van der Waals surface area (Å²) < 4.78 is 12.3. The van der Waals surface area contributed by atoms with Crippen LogP contribution in [-0.2, 0) is 9.59 Å². The van der Waals surface area contributed by atoms with Crippen molar-refractivity contribution in [2.45, 2.75) is 32.4 Å². The average Bonchev–Trinajstić information content (AvgIpc) is 2.21. The fraction of sp³-hybridized carbons (Fsp3) is 0.778. The van der Waals surface area contributed by atoms with Crippen molar-refractivity contribution in [1.29, 1.82) is 0 Å². The van der Waals surface area contributed by atoms with Crippen LogP contribution in [0.2, 0.25) is 0 Å². The molecule has 7 heteroatoms. The fourth-order valence-electron chi connectivity index (χ4n) is 1.13. The van der Waals surface area contributed by atoms with Gasteiger partial charge < -0.3 is 10.4 Å². The summed E-state index contributed by atoms with van der Waals surface area (Å²) in [7, 11) is 0. The molecule has 0 heterocycles. The lowest BCUT2D eigenvalue weighted by molar-refractivity contribution is -0.141. The van der Waals surface area contributed by atoms with Crippen molar-refractivity contribution in [2.24, 2.45) is 5.92 Å². The third-order valence-electron chi connectivity index (χ3n) is 1.95. The SMILES string of the molecule is CC(C)C[C@H](NF)C(=O)N[C@@H](CS)C(=O)O. The molecule has 0 saturated heterocycles. The summed E-state index contributed by atoms with van der Waals surface area (Å²) in [5.74, 6) is -1.77. The number of amides is 1. The maximum absolute atomic E-state index is 12.3. The largest absolute Gasteiger partial charge is 0.480 e. The number of carbonyl (C=O) groups is 2. The number of carboxylic acids is 1. The van der Waals surface area contributed by atoms with Crippen LogP contribution in [0, 0.1) is 5.92 Å². The number of hydrogen-bond donors (Lipinski definition) is 4. The van der Waals surface area contributed by atoms with Gasteiger partial charge in [-0.3, -0.25) is 4.79 Å². The van der Waals surface area contributed by atoms with E-state index in [0.29, 0.717) is 6.42 Å². The molecule has 2 atom stereocenters. The van der Waals surface area contributed by atoms with Crippen LogP contribution in [0.3, 0.4) is 0 Å². The molecule has 0 bridgehead atoms. The zero-order chi connectivity index (χ0) is 12.7. The van der Waals surface area contributed by atoms with Gasteiger partial charge in [-0.25, -0.2) is 4.79 Å². The second kappa shape index (κ2) is 7.45. The molecular weight excluding hydrogens is 235 g/mol. The van der Waals surface area contributed by atoms with E-state index in [1.54, 1.807) is 0 Å². The van der Waals surface area contributed by atoms with Gasteiger partial charge in [-0.2, -0.15) is 12.6 Å². The van der Waals surface area contributed by atoms with Gasteiger partial charge in [0.05, 0.1) is 0 Å². The maximum atomic E-state index is 12.3. The standard InChI is InChI=1S/C9H17FN2O3S/c1-5(2)3-6(12-10)8(13)11-7(4-16)9(14)15/h5-7,12,16H,3-4H2,1-2H3,(H,11,13)(H,14,15)/t6-,7-/m0/s1. The van der Waals surface area contributed by atoms with E-state index in [1.165, 1.54) is 5.54 Å². The van der Waals surface area contributed by atoms with E-state index in [0.717, 1.165) is 0 Å². The quantitative estimate of drug-likeness (QED) is 0.390. The molecule has 0 aliphatic rings. The van der Waals surface area contributed by atoms with Crippen LogP contribution >= 0.6 is 12.6 Å². The van der Waals surface area contributed by atoms with Crippen molar-refractivity contribution in [3.63, 3.8) is 0 Å². The van der Waals surface area contributed by atoms with Gasteiger partial charge in [-0.1, -0.05) is 13.8 Å². The Labute approximate surface area is 99.1 Å². The predicted octanol–water partition coefficient (Wildman–Crippen LogP) is 0.374. The normalized spacial score (nSPS) is 14.6. The van der Waals surface area contributed by atoms with Crippen LogP contribution < -0.4 is 10.9 Å². The van der Waals surface area contributed by atoms with Gasteiger partial charge in [0.1, 0.15) is 12.1 Å². The van der Waals surface area contributed by atoms with Gasteiger partial charge in [-0.15, -0.1) is 10.0 Å². The number of nitrogens with one attached hydrogen (secondary N) is 2. The fourth-order valence-corrected chi connectivity index (χ4v) is 1.38. The van der Waals surface area contributed by atoms with Crippen LogP contribution in [0.15, 0.2) is 0 Å². The number of rotatable bonds is 7. The van der Waals surface area contributed by atoms with Crippen LogP contribution in [0.4, 0.5) is 4.48 Å². The van der Waals surface area contributed by atoms with Crippen molar-refractivity contribution in [3.05, 3.63) is 0 Å². The third-order valence-corrected chi connectivity index (χ3v) is 2.32. The number of thiol groups is 1. The molecule has 0 aromatic carbocycles. The van der Waals surface area contributed by atoms with E-state index in [4.69, 9.17) is 5.11 Å². The van der Waals surface area contributed by atoms with E-state index in [1.807, 2.05) is 13.8 Å². The lowest BCUT2D eigenvalue weighted by Gasteiger charge is -2.18. The first-order chi connectivity index (χ1) is 7.42. The Bertz CT molecular complexity index is 251. The molecule has 0 aliphatic heterocycles. The van der Waals surface area contributed by atoms with E-state index < -0.39 is 24.0 Å².